The number of aryl methyl sites for hydroxylation is 1. The SMILES string of the molecule is Cc1ccc(C(F)CC(C)(C)N)s1. The quantitative estimate of drug-likeness (QED) is 0.798. The number of hydrogen-bond acceptors (Lipinski definition) is 2. The third-order valence-corrected chi connectivity index (χ3v) is 2.86. The smallest absolute Gasteiger partial charge is 0.136 e. The zero-order valence-electron chi connectivity index (χ0n) is 8.30. The Morgan fingerprint density at radius 2 is 2.15 bits per heavy atom. The lowest BCUT2D eigenvalue weighted by Crippen LogP contribution is -2.32. The standard InChI is InChI=1S/C10H16FNS/c1-7-4-5-9(13-7)8(11)6-10(2,3)12/h4-5,8H,6,12H2,1-3H3. The minimum atomic E-state index is -0.918. The van der Waals surface area contributed by atoms with Crippen molar-refractivity contribution >= 4 is 11.3 Å². The highest BCUT2D eigenvalue weighted by Gasteiger charge is 2.20. The van der Waals surface area contributed by atoms with Crippen LogP contribution in [0.1, 0.15) is 36.2 Å². The Labute approximate surface area is 82.8 Å². The molecular formula is C10H16FNS. The van der Waals surface area contributed by atoms with Crippen LogP contribution in [0.3, 0.4) is 0 Å². The van der Waals surface area contributed by atoms with Crippen molar-refractivity contribution in [1.82, 2.24) is 0 Å². The summed E-state index contributed by atoms with van der Waals surface area (Å²) in [5.41, 5.74) is 5.31. The van der Waals surface area contributed by atoms with Gasteiger partial charge in [-0.2, -0.15) is 0 Å². The predicted octanol–water partition coefficient (Wildman–Crippen LogP) is 3.19. The third-order valence-electron chi connectivity index (χ3n) is 1.78. The first kappa shape index (κ1) is 10.7. The van der Waals surface area contributed by atoms with Gasteiger partial charge in [-0.25, -0.2) is 4.39 Å². The van der Waals surface area contributed by atoms with Crippen molar-refractivity contribution in [2.75, 3.05) is 0 Å². The van der Waals surface area contributed by atoms with Crippen molar-refractivity contribution in [3.63, 3.8) is 0 Å². The van der Waals surface area contributed by atoms with Gasteiger partial charge in [0.25, 0.3) is 0 Å². The van der Waals surface area contributed by atoms with Gasteiger partial charge in [-0.1, -0.05) is 0 Å². The van der Waals surface area contributed by atoms with Crippen LogP contribution < -0.4 is 5.73 Å². The summed E-state index contributed by atoms with van der Waals surface area (Å²) in [6, 6.07) is 3.78. The molecule has 0 aliphatic carbocycles. The van der Waals surface area contributed by atoms with Crippen molar-refractivity contribution in [3.8, 4) is 0 Å². The Morgan fingerprint density at radius 1 is 1.54 bits per heavy atom. The summed E-state index contributed by atoms with van der Waals surface area (Å²) in [5.74, 6) is 0. The van der Waals surface area contributed by atoms with Crippen molar-refractivity contribution in [3.05, 3.63) is 21.9 Å². The van der Waals surface area contributed by atoms with Crippen LogP contribution >= 0.6 is 11.3 Å². The molecule has 0 saturated carbocycles. The number of halogens is 1. The van der Waals surface area contributed by atoms with Crippen LogP contribution in [0.2, 0.25) is 0 Å². The van der Waals surface area contributed by atoms with Crippen molar-refractivity contribution in [2.24, 2.45) is 5.73 Å². The molecule has 0 aliphatic heterocycles. The minimum absolute atomic E-state index is 0.382. The van der Waals surface area contributed by atoms with Gasteiger partial charge in [0.2, 0.25) is 0 Å². The maximum atomic E-state index is 13.6. The first-order chi connectivity index (χ1) is 5.88. The molecule has 0 saturated heterocycles. The topological polar surface area (TPSA) is 26.0 Å². The monoisotopic (exact) mass is 201 g/mol. The van der Waals surface area contributed by atoms with E-state index in [0.717, 1.165) is 9.75 Å². The van der Waals surface area contributed by atoms with E-state index in [9.17, 15) is 4.39 Å². The molecule has 74 valence electrons. The molecule has 1 aromatic heterocycles. The molecule has 1 heterocycles. The molecule has 1 unspecified atom stereocenters. The summed E-state index contributed by atoms with van der Waals surface area (Å²) >= 11 is 1.51. The Bertz CT molecular complexity index is 275. The van der Waals surface area contributed by atoms with Gasteiger partial charge in [0.05, 0.1) is 0 Å². The van der Waals surface area contributed by atoms with Crippen LogP contribution in [-0.4, -0.2) is 5.54 Å². The van der Waals surface area contributed by atoms with Gasteiger partial charge in [0.1, 0.15) is 6.17 Å². The second-order valence-corrected chi connectivity index (χ2v) is 5.43. The van der Waals surface area contributed by atoms with Gasteiger partial charge in [0, 0.05) is 21.7 Å². The zero-order valence-corrected chi connectivity index (χ0v) is 9.12. The average molecular weight is 201 g/mol. The van der Waals surface area contributed by atoms with Gasteiger partial charge in [-0.05, 0) is 32.9 Å². The maximum Gasteiger partial charge on any atom is 0.136 e. The Morgan fingerprint density at radius 3 is 2.54 bits per heavy atom. The summed E-state index contributed by atoms with van der Waals surface area (Å²) in [5, 5.41) is 0. The summed E-state index contributed by atoms with van der Waals surface area (Å²) in [7, 11) is 0. The van der Waals surface area contributed by atoms with E-state index < -0.39 is 11.7 Å². The van der Waals surface area contributed by atoms with E-state index >= 15 is 0 Å². The van der Waals surface area contributed by atoms with Crippen LogP contribution in [0.25, 0.3) is 0 Å². The molecule has 0 spiro atoms. The van der Waals surface area contributed by atoms with E-state index in [4.69, 9.17) is 5.73 Å². The fourth-order valence-corrected chi connectivity index (χ4v) is 2.04. The predicted molar refractivity (Wildman–Crippen MR) is 55.8 cm³/mol. The Hall–Kier alpha value is -0.410. The second-order valence-electron chi connectivity index (χ2n) is 4.11. The molecule has 3 heteroatoms. The Balaban J connectivity index is 2.64. The molecule has 0 aliphatic rings. The number of rotatable bonds is 3. The number of alkyl halides is 1. The van der Waals surface area contributed by atoms with Gasteiger partial charge in [0.15, 0.2) is 0 Å². The molecule has 13 heavy (non-hydrogen) atoms. The van der Waals surface area contributed by atoms with Crippen LogP contribution in [-0.2, 0) is 0 Å². The van der Waals surface area contributed by atoms with Gasteiger partial charge >= 0.3 is 0 Å². The molecule has 1 aromatic rings. The second kappa shape index (κ2) is 3.76. The molecule has 0 aromatic carbocycles. The summed E-state index contributed by atoms with van der Waals surface area (Å²) in [6.07, 6.45) is -0.536. The molecule has 1 rings (SSSR count). The van der Waals surface area contributed by atoms with E-state index in [1.165, 1.54) is 11.3 Å². The molecule has 0 fully saturated rings. The highest BCUT2D eigenvalue weighted by molar-refractivity contribution is 7.12. The lowest BCUT2D eigenvalue weighted by molar-refractivity contribution is 0.271. The molecule has 1 nitrogen and oxygen atoms in total. The first-order valence-corrected chi connectivity index (χ1v) is 5.19. The zero-order chi connectivity index (χ0) is 10.1. The van der Waals surface area contributed by atoms with E-state index in [1.54, 1.807) is 0 Å². The minimum Gasteiger partial charge on any atom is -0.325 e. The van der Waals surface area contributed by atoms with Gasteiger partial charge in [-0.3, -0.25) is 0 Å². The van der Waals surface area contributed by atoms with E-state index in [2.05, 4.69) is 0 Å². The first-order valence-electron chi connectivity index (χ1n) is 4.38. The van der Waals surface area contributed by atoms with Gasteiger partial charge < -0.3 is 5.73 Å². The van der Waals surface area contributed by atoms with Gasteiger partial charge in [-0.15, -0.1) is 11.3 Å². The van der Waals surface area contributed by atoms with Crippen molar-refractivity contribution in [2.45, 2.75) is 38.9 Å². The fraction of sp³-hybridized carbons (Fsp3) is 0.600. The maximum absolute atomic E-state index is 13.6. The summed E-state index contributed by atoms with van der Waals surface area (Å²) < 4.78 is 13.6. The Kier molecular flexibility index (Phi) is 3.09. The highest BCUT2D eigenvalue weighted by atomic mass is 32.1. The normalized spacial score (nSPS) is 14.5. The number of nitrogens with two attached hydrogens (primary N) is 1. The molecule has 0 bridgehead atoms. The van der Waals surface area contributed by atoms with Crippen LogP contribution in [0.15, 0.2) is 12.1 Å². The third kappa shape index (κ3) is 3.44. The van der Waals surface area contributed by atoms with E-state index in [1.807, 2.05) is 32.9 Å². The fourth-order valence-electron chi connectivity index (χ4n) is 1.18. The van der Waals surface area contributed by atoms with Crippen LogP contribution in [0, 0.1) is 6.92 Å². The summed E-state index contributed by atoms with van der Waals surface area (Å²) in [6.45, 7) is 5.68. The molecule has 2 N–H and O–H groups in total. The molecule has 1 atom stereocenters. The van der Waals surface area contributed by atoms with E-state index in [-0.39, 0.29) is 0 Å². The lowest BCUT2D eigenvalue weighted by atomic mass is 9.98. The van der Waals surface area contributed by atoms with Crippen LogP contribution in [0.5, 0.6) is 0 Å². The average Bonchev–Trinajstić information content (AvgIpc) is 2.31. The highest BCUT2D eigenvalue weighted by Crippen LogP contribution is 2.30. The number of hydrogen-bond donors (Lipinski definition) is 1. The largest absolute Gasteiger partial charge is 0.325 e. The molecule has 0 amide bonds. The molecule has 0 radical (unpaired) electrons. The van der Waals surface area contributed by atoms with Crippen LogP contribution in [0.4, 0.5) is 4.39 Å². The molecular weight excluding hydrogens is 185 g/mol. The van der Waals surface area contributed by atoms with E-state index in [0.29, 0.717) is 6.42 Å². The van der Waals surface area contributed by atoms with Crippen molar-refractivity contribution in [1.29, 1.82) is 0 Å². The lowest BCUT2D eigenvalue weighted by Gasteiger charge is -2.20. The van der Waals surface area contributed by atoms with Crippen molar-refractivity contribution < 1.29 is 4.39 Å². The summed E-state index contributed by atoms with van der Waals surface area (Å²) in [4.78, 5) is 1.93. The number of thiophene rings is 1.